The summed E-state index contributed by atoms with van der Waals surface area (Å²) in [7, 11) is 1.76. The maximum Gasteiger partial charge on any atom is 0.0589 e. The fourth-order valence-corrected chi connectivity index (χ4v) is 1.45. The molecule has 0 aliphatic carbocycles. The van der Waals surface area contributed by atoms with Gasteiger partial charge < -0.3 is 10.1 Å². The summed E-state index contributed by atoms with van der Waals surface area (Å²) in [6, 6.07) is 0. The number of ether oxygens (including phenoxy) is 1. The van der Waals surface area contributed by atoms with Gasteiger partial charge in [0.2, 0.25) is 0 Å². The Hall–Kier alpha value is -0.120. The van der Waals surface area contributed by atoms with Crippen LogP contribution in [0.2, 0.25) is 0 Å². The van der Waals surface area contributed by atoms with Gasteiger partial charge in [0.1, 0.15) is 0 Å². The minimum Gasteiger partial charge on any atom is -0.383 e. The fraction of sp³-hybridized carbons (Fsp3) is 1.00. The van der Waals surface area contributed by atoms with Gasteiger partial charge in [0.15, 0.2) is 0 Å². The first-order chi connectivity index (χ1) is 6.70. The average molecular weight is 202 g/mol. The van der Waals surface area contributed by atoms with Crippen LogP contribution in [0.15, 0.2) is 0 Å². The van der Waals surface area contributed by atoms with Crippen molar-refractivity contribution in [3.63, 3.8) is 0 Å². The number of likely N-dealkylation sites (N-methyl/N-ethyl adjacent to an activating group) is 1. The lowest BCUT2D eigenvalue weighted by molar-refractivity contribution is 0.140. The van der Waals surface area contributed by atoms with Crippen LogP contribution in [-0.2, 0) is 4.74 Å². The van der Waals surface area contributed by atoms with Gasteiger partial charge in [-0.25, -0.2) is 0 Å². The van der Waals surface area contributed by atoms with Crippen LogP contribution in [0, 0.1) is 5.92 Å². The molecule has 3 nitrogen and oxygen atoms in total. The molecule has 0 bridgehead atoms. The highest BCUT2D eigenvalue weighted by molar-refractivity contribution is 4.61. The lowest BCUT2D eigenvalue weighted by atomic mass is 10.2. The highest BCUT2D eigenvalue weighted by Crippen LogP contribution is 1.97. The van der Waals surface area contributed by atoms with E-state index in [4.69, 9.17) is 4.74 Å². The Kier molecular flexibility index (Phi) is 9.35. The van der Waals surface area contributed by atoms with Gasteiger partial charge in [-0.1, -0.05) is 20.8 Å². The number of methoxy groups -OCH3 is 1. The number of nitrogens with zero attached hydrogens (tertiary/aromatic N) is 1. The zero-order chi connectivity index (χ0) is 10.8. The lowest BCUT2D eigenvalue weighted by Crippen LogP contribution is -2.36. The predicted molar refractivity (Wildman–Crippen MR) is 61.7 cm³/mol. The van der Waals surface area contributed by atoms with E-state index in [0.717, 1.165) is 45.2 Å². The van der Waals surface area contributed by atoms with Gasteiger partial charge in [-0.15, -0.1) is 0 Å². The standard InChI is InChI=1S/C11H26N2O/c1-5-12-6-7-13(8-9-14-4)10-11(2)3/h11-12H,5-10H2,1-4H3. The molecular weight excluding hydrogens is 176 g/mol. The summed E-state index contributed by atoms with van der Waals surface area (Å²) in [4.78, 5) is 2.46. The maximum absolute atomic E-state index is 5.10. The normalized spacial score (nSPS) is 11.6. The zero-order valence-corrected chi connectivity index (χ0v) is 10.2. The van der Waals surface area contributed by atoms with Gasteiger partial charge in [-0.2, -0.15) is 0 Å². The summed E-state index contributed by atoms with van der Waals surface area (Å²) in [5.74, 6) is 0.730. The molecule has 0 aromatic carbocycles. The van der Waals surface area contributed by atoms with Crippen LogP contribution >= 0.6 is 0 Å². The quantitative estimate of drug-likeness (QED) is 0.569. The summed E-state index contributed by atoms with van der Waals surface area (Å²) < 4.78 is 5.10. The van der Waals surface area contributed by atoms with Crippen molar-refractivity contribution >= 4 is 0 Å². The highest BCUT2D eigenvalue weighted by Gasteiger charge is 2.05. The Labute approximate surface area is 88.8 Å². The molecule has 0 saturated carbocycles. The van der Waals surface area contributed by atoms with E-state index in [-0.39, 0.29) is 0 Å². The largest absolute Gasteiger partial charge is 0.383 e. The number of hydrogen-bond donors (Lipinski definition) is 1. The second kappa shape index (κ2) is 9.44. The van der Waals surface area contributed by atoms with Crippen LogP contribution < -0.4 is 5.32 Å². The van der Waals surface area contributed by atoms with Crippen molar-refractivity contribution < 1.29 is 4.74 Å². The molecular formula is C11H26N2O. The Morgan fingerprint density at radius 1 is 1.29 bits per heavy atom. The van der Waals surface area contributed by atoms with Gasteiger partial charge >= 0.3 is 0 Å². The summed E-state index contributed by atoms with van der Waals surface area (Å²) in [5.41, 5.74) is 0. The lowest BCUT2D eigenvalue weighted by Gasteiger charge is -2.23. The zero-order valence-electron chi connectivity index (χ0n) is 10.2. The molecule has 0 aliphatic heterocycles. The molecule has 0 spiro atoms. The topological polar surface area (TPSA) is 24.5 Å². The molecule has 0 heterocycles. The molecule has 3 heteroatoms. The average Bonchev–Trinajstić information content (AvgIpc) is 2.13. The van der Waals surface area contributed by atoms with E-state index < -0.39 is 0 Å². The van der Waals surface area contributed by atoms with Crippen molar-refractivity contribution in [1.82, 2.24) is 10.2 Å². The van der Waals surface area contributed by atoms with Gasteiger partial charge in [0.05, 0.1) is 6.61 Å². The minimum atomic E-state index is 0.730. The molecule has 0 rings (SSSR count). The van der Waals surface area contributed by atoms with E-state index in [0.29, 0.717) is 0 Å². The molecule has 86 valence electrons. The van der Waals surface area contributed by atoms with Crippen molar-refractivity contribution in [2.45, 2.75) is 20.8 Å². The van der Waals surface area contributed by atoms with Crippen molar-refractivity contribution in [2.24, 2.45) is 5.92 Å². The Morgan fingerprint density at radius 2 is 2.00 bits per heavy atom. The molecule has 0 radical (unpaired) electrons. The van der Waals surface area contributed by atoms with E-state index in [1.807, 2.05) is 0 Å². The summed E-state index contributed by atoms with van der Waals surface area (Å²) >= 11 is 0. The highest BCUT2D eigenvalue weighted by atomic mass is 16.5. The summed E-state index contributed by atoms with van der Waals surface area (Å²) in [6.07, 6.45) is 0. The van der Waals surface area contributed by atoms with Gasteiger partial charge in [-0.05, 0) is 12.5 Å². The first-order valence-corrected chi connectivity index (χ1v) is 5.62. The molecule has 1 N–H and O–H groups in total. The first-order valence-electron chi connectivity index (χ1n) is 5.62. The molecule has 0 atom stereocenters. The Bertz CT molecular complexity index is 118. The number of rotatable bonds is 9. The van der Waals surface area contributed by atoms with Crippen molar-refractivity contribution in [3.8, 4) is 0 Å². The van der Waals surface area contributed by atoms with Gasteiger partial charge in [0, 0.05) is 33.3 Å². The first kappa shape index (κ1) is 13.9. The molecule has 0 saturated heterocycles. The Balaban J connectivity index is 3.61. The van der Waals surface area contributed by atoms with Crippen LogP contribution in [0.3, 0.4) is 0 Å². The van der Waals surface area contributed by atoms with Crippen LogP contribution in [-0.4, -0.2) is 51.3 Å². The molecule has 0 unspecified atom stereocenters. The third kappa shape index (κ3) is 8.48. The fourth-order valence-electron chi connectivity index (χ4n) is 1.45. The second-order valence-corrected chi connectivity index (χ2v) is 4.04. The molecule has 0 aliphatic rings. The molecule has 0 fully saturated rings. The van der Waals surface area contributed by atoms with Crippen LogP contribution in [0.25, 0.3) is 0 Å². The third-order valence-electron chi connectivity index (χ3n) is 2.09. The van der Waals surface area contributed by atoms with E-state index >= 15 is 0 Å². The van der Waals surface area contributed by atoms with E-state index in [1.165, 1.54) is 0 Å². The Morgan fingerprint density at radius 3 is 2.50 bits per heavy atom. The van der Waals surface area contributed by atoms with Crippen LogP contribution in [0.4, 0.5) is 0 Å². The minimum absolute atomic E-state index is 0.730. The molecule has 0 amide bonds. The molecule has 0 aromatic rings. The molecule has 14 heavy (non-hydrogen) atoms. The van der Waals surface area contributed by atoms with Crippen molar-refractivity contribution in [1.29, 1.82) is 0 Å². The van der Waals surface area contributed by atoms with Gasteiger partial charge in [-0.3, -0.25) is 4.90 Å². The van der Waals surface area contributed by atoms with Crippen molar-refractivity contribution in [3.05, 3.63) is 0 Å². The van der Waals surface area contributed by atoms with Crippen LogP contribution in [0.5, 0.6) is 0 Å². The smallest absolute Gasteiger partial charge is 0.0589 e. The maximum atomic E-state index is 5.10. The summed E-state index contributed by atoms with van der Waals surface area (Å²) in [6.45, 7) is 12.9. The SMILES string of the molecule is CCNCCN(CCOC)CC(C)C. The third-order valence-corrected chi connectivity index (χ3v) is 2.09. The van der Waals surface area contributed by atoms with E-state index in [1.54, 1.807) is 7.11 Å². The number of nitrogens with one attached hydrogen (secondary N) is 1. The molecule has 0 aromatic heterocycles. The predicted octanol–water partition coefficient (Wildman–Crippen LogP) is 1.20. The van der Waals surface area contributed by atoms with Gasteiger partial charge in [0.25, 0.3) is 0 Å². The van der Waals surface area contributed by atoms with Crippen molar-refractivity contribution in [2.75, 3.05) is 46.4 Å². The number of hydrogen-bond acceptors (Lipinski definition) is 3. The van der Waals surface area contributed by atoms with E-state index in [9.17, 15) is 0 Å². The second-order valence-electron chi connectivity index (χ2n) is 4.04. The summed E-state index contributed by atoms with van der Waals surface area (Å²) in [5, 5.41) is 3.35. The van der Waals surface area contributed by atoms with E-state index in [2.05, 4.69) is 31.0 Å². The van der Waals surface area contributed by atoms with Crippen LogP contribution in [0.1, 0.15) is 20.8 Å². The monoisotopic (exact) mass is 202 g/mol.